The largest absolute Gasteiger partial charge is 0.497 e. The quantitative estimate of drug-likeness (QED) is 0.392. The predicted molar refractivity (Wildman–Crippen MR) is 126 cm³/mol. The number of hydrogen-bond donors (Lipinski definition) is 3. The van der Waals surface area contributed by atoms with E-state index in [1.807, 2.05) is 42.5 Å². The third kappa shape index (κ3) is 5.34. The highest BCUT2D eigenvalue weighted by Crippen LogP contribution is 2.28. The van der Waals surface area contributed by atoms with Crippen LogP contribution in [0.3, 0.4) is 0 Å². The molecule has 2 heterocycles. The summed E-state index contributed by atoms with van der Waals surface area (Å²) in [6, 6.07) is 19.9. The van der Waals surface area contributed by atoms with E-state index in [0.29, 0.717) is 23.0 Å². The van der Waals surface area contributed by atoms with Gasteiger partial charge < -0.3 is 25.8 Å². The number of aromatic nitrogens is 3. The van der Waals surface area contributed by atoms with Crippen LogP contribution in [-0.2, 0) is 0 Å². The Kier molecular flexibility index (Phi) is 6.31. The van der Waals surface area contributed by atoms with Gasteiger partial charge in [0, 0.05) is 42.7 Å². The zero-order valence-corrected chi connectivity index (χ0v) is 18.1. The minimum atomic E-state index is -0.288. The molecule has 166 valence electrons. The Bertz CT molecular complexity index is 1290. The van der Waals surface area contributed by atoms with Gasteiger partial charge in [0.2, 0.25) is 5.95 Å². The molecule has 0 spiro atoms. The third-order valence-corrected chi connectivity index (χ3v) is 4.64. The first kappa shape index (κ1) is 21.6. The maximum absolute atomic E-state index is 11.8. The summed E-state index contributed by atoms with van der Waals surface area (Å²) in [6.45, 7) is 0. The Labute approximate surface area is 190 Å². The van der Waals surface area contributed by atoms with Gasteiger partial charge in [-0.3, -0.25) is 9.78 Å². The molecule has 0 aliphatic heterocycles. The minimum absolute atomic E-state index is 0.142. The van der Waals surface area contributed by atoms with E-state index in [0.717, 1.165) is 17.0 Å². The summed E-state index contributed by atoms with van der Waals surface area (Å²) in [5.74, 6) is 2.17. The highest BCUT2D eigenvalue weighted by Gasteiger charge is 2.09. The van der Waals surface area contributed by atoms with Crippen molar-refractivity contribution >= 4 is 23.4 Å². The van der Waals surface area contributed by atoms with E-state index < -0.39 is 0 Å². The highest BCUT2D eigenvalue weighted by molar-refractivity contribution is 5.92. The summed E-state index contributed by atoms with van der Waals surface area (Å²) in [6.07, 6.45) is 1.52. The van der Waals surface area contributed by atoms with Crippen LogP contribution in [0.5, 0.6) is 17.2 Å². The number of amides is 1. The van der Waals surface area contributed by atoms with E-state index in [2.05, 4.69) is 25.6 Å². The van der Waals surface area contributed by atoms with Crippen LogP contribution in [0.1, 0.15) is 10.5 Å². The standard InChI is InChI=1S/C24H22N6O3/c1-26-23(31)21-13-19(9-10-27-21)33-18-8-4-6-16(12-18)28-22-14-20(29-24(25)30-22)15-5-3-7-17(11-15)32-2/h3-14H,1-2H3,(H,26,31)(H3,25,28,29,30). The monoisotopic (exact) mass is 442 g/mol. The molecule has 2 aromatic carbocycles. The molecular formula is C24H22N6O3. The van der Waals surface area contributed by atoms with Crippen molar-refractivity contribution in [2.75, 3.05) is 25.2 Å². The summed E-state index contributed by atoms with van der Waals surface area (Å²) in [7, 11) is 3.16. The molecule has 33 heavy (non-hydrogen) atoms. The maximum Gasteiger partial charge on any atom is 0.269 e. The summed E-state index contributed by atoms with van der Waals surface area (Å²) >= 11 is 0. The number of nitrogen functional groups attached to an aromatic ring is 1. The Balaban J connectivity index is 1.55. The van der Waals surface area contributed by atoms with Crippen LogP contribution in [0.25, 0.3) is 11.3 Å². The molecule has 4 N–H and O–H groups in total. The number of pyridine rings is 1. The lowest BCUT2D eigenvalue weighted by Gasteiger charge is -2.11. The topological polar surface area (TPSA) is 124 Å². The van der Waals surface area contributed by atoms with Crippen LogP contribution in [0.4, 0.5) is 17.5 Å². The van der Waals surface area contributed by atoms with Crippen LogP contribution in [0, 0.1) is 0 Å². The summed E-state index contributed by atoms with van der Waals surface area (Å²) in [5.41, 5.74) is 8.47. The number of carbonyl (C=O) groups is 1. The molecule has 0 saturated carbocycles. The molecular weight excluding hydrogens is 420 g/mol. The smallest absolute Gasteiger partial charge is 0.269 e. The van der Waals surface area contributed by atoms with Crippen molar-refractivity contribution in [2.24, 2.45) is 0 Å². The van der Waals surface area contributed by atoms with Gasteiger partial charge in [-0.25, -0.2) is 4.98 Å². The lowest BCUT2D eigenvalue weighted by molar-refractivity contribution is 0.0958. The minimum Gasteiger partial charge on any atom is -0.497 e. The molecule has 0 atom stereocenters. The van der Waals surface area contributed by atoms with Crippen molar-refractivity contribution in [1.29, 1.82) is 0 Å². The Morgan fingerprint density at radius 3 is 2.55 bits per heavy atom. The average molecular weight is 442 g/mol. The molecule has 0 bridgehead atoms. The van der Waals surface area contributed by atoms with Crippen LogP contribution in [0.15, 0.2) is 72.9 Å². The predicted octanol–water partition coefficient (Wildman–Crippen LogP) is 4.02. The summed E-state index contributed by atoms with van der Waals surface area (Å²) in [4.78, 5) is 24.5. The van der Waals surface area contributed by atoms with Gasteiger partial charge >= 0.3 is 0 Å². The number of anilines is 3. The summed E-state index contributed by atoms with van der Waals surface area (Å²) < 4.78 is 11.2. The molecule has 0 aliphatic carbocycles. The van der Waals surface area contributed by atoms with Gasteiger partial charge in [0.1, 0.15) is 28.8 Å². The fourth-order valence-corrected chi connectivity index (χ4v) is 3.11. The number of methoxy groups -OCH3 is 1. The van der Waals surface area contributed by atoms with Gasteiger partial charge in [-0.1, -0.05) is 18.2 Å². The Hall–Kier alpha value is -4.66. The second-order valence-electron chi connectivity index (χ2n) is 6.94. The number of benzene rings is 2. The zero-order chi connectivity index (χ0) is 23.2. The zero-order valence-electron chi connectivity index (χ0n) is 18.1. The summed E-state index contributed by atoms with van der Waals surface area (Å²) in [5, 5.41) is 5.77. The number of nitrogens with one attached hydrogen (secondary N) is 2. The first-order valence-corrected chi connectivity index (χ1v) is 10.1. The van der Waals surface area contributed by atoms with E-state index in [9.17, 15) is 4.79 Å². The first-order valence-electron chi connectivity index (χ1n) is 10.1. The number of ether oxygens (including phenoxy) is 2. The lowest BCUT2D eigenvalue weighted by atomic mass is 10.1. The Morgan fingerprint density at radius 1 is 0.939 bits per heavy atom. The highest BCUT2D eigenvalue weighted by atomic mass is 16.5. The molecule has 0 saturated heterocycles. The molecule has 0 aliphatic rings. The molecule has 9 nitrogen and oxygen atoms in total. The van der Waals surface area contributed by atoms with E-state index in [-0.39, 0.29) is 17.5 Å². The van der Waals surface area contributed by atoms with Crippen molar-refractivity contribution in [3.63, 3.8) is 0 Å². The van der Waals surface area contributed by atoms with Crippen LogP contribution in [0.2, 0.25) is 0 Å². The van der Waals surface area contributed by atoms with Gasteiger partial charge in [0.15, 0.2) is 0 Å². The maximum atomic E-state index is 11.8. The van der Waals surface area contributed by atoms with Gasteiger partial charge in [-0.05, 0) is 30.3 Å². The van der Waals surface area contributed by atoms with Gasteiger partial charge in [0.25, 0.3) is 5.91 Å². The van der Waals surface area contributed by atoms with E-state index in [1.165, 1.54) is 6.20 Å². The second kappa shape index (κ2) is 9.65. The molecule has 1 amide bonds. The molecule has 9 heteroatoms. The Morgan fingerprint density at radius 2 is 1.73 bits per heavy atom. The third-order valence-electron chi connectivity index (χ3n) is 4.64. The van der Waals surface area contributed by atoms with Crippen molar-refractivity contribution < 1.29 is 14.3 Å². The second-order valence-corrected chi connectivity index (χ2v) is 6.94. The van der Waals surface area contributed by atoms with E-state index in [4.69, 9.17) is 15.2 Å². The SMILES string of the molecule is CNC(=O)c1cc(Oc2cccc(Nc3cc(-c4cccc(OC)c4)nc(N)n3)c2)ccn1. The van der Waals surface area contributed by atoms with Crippen molar-refractivity contribution in [1.82, 2.24) is 20.3 Å². The van der Waals surface area contributed by atoms with E-state index in [1.54, 1.807) is 38.4 Å². The number of nitrogens with zero attached hydrogens (tertiary/aromatic N) is 3. The van der Waals surface area contributed by atoms with Crippen LogP contribution in [-0.4, -0.2) is 35.0 Å². The van der Waals surface area contributed by atoms with Crippen LogP contribution < -0.4 is 25.8 Å². The lowest BCUT2D eigenvalue weighted by Crippen LogP contribution is -2.18. The van der Waals surface area contributed by atoms with Gasteiger partial charge in [0.05, 0.1) is 12.8 Å². The molecule has 4 aromatic rings. The van der Waals surface area contributed by atoms with Crippen molar-refractivity contribution in [2.45, 2.75) is 0 Å². The molecule has 0 radical (unpaired) electrons. The number of hydrogen-bond acceptors (Lipinski definition) is 8. The fraction of sp³-hybridized carbons (Fsp3) is 0.0833. The number of rotatable bonds is 7. The number of carbonyl (C=O) groups excluding carboxylic acids is 1. The normalized spacial score (nSPS) is 10.4. The fourth-order valence-electron chi connectivity index (χ4n) is 3.11. The molecule has 0 unspecified atom stereocenters. The average Bonchev–Trinajstić information content (AvgIpc) is 2.83. The van der Waals surface area contributed by atoms with Crippen molar-refractivity contribution in [3.8, 4) is 28.5 Å². The van der Waals surface area contributed by atoms with Crippen LogP contribution >= 0.6 is 0 Å². The molecule has 0 fully saturated rings. The van der Waals surface area contributed by atoms with Gasteiger partial charge in [-0.15, -0.1) is 0 Å². The van der Waals surface area contributed by atoms with E-state index >= 15 is 0 Å². The molecule has 2 aromatic heterocycles. The van der Waals surface area contributed by atoms with Crippen molar-refractivity contribution in [3.05, 3.63) is 78.6 Å². The van der Waals surface area contributed by atoms with Gasteiger partial charge in [-0.2, -0.15) is 4.98 Å². The first-order chi connectivity index (χ1) is 16.0. The number of nitrogens with two attached hydrogens (primary N) is 1. The molecule has 4 rings (SSSR count).